The van der Waals surface area contributed by atoms with E-state index in [2.05, 4.69) is 29.8 Å². The number of carbonyl (C=O) groups is 1. The molecule has 1 N–H and O–H groups in total. The Morgan fingerprint density at radius 2 is 1.92 bits per heavy atom. The standard InChI is InChI=1S/C22H27N3O/c1-15(2)11-12-25-20-8-6-5-7-19(20)24-21(25)14-23-22(26)18-10-9-16(3)13-17(18)4/h5-10,13,15H,11-12,14H2,1-4H3,(H,23,26). The molecule has 0 aliphatic carbocycles. The topological polar surface area (TPSA) is 46.9 Å². The lowest BCUT2D eigenvalue weighted by Gasteiger charge is -2.12. The predicted octanol–water partition coefficient (Wildman–Crippen LogP) is 4.63. The summed E-state index contributed by atoms with van der Waals surface area (Å²) in [7, 11) is 0. The summed E-state index contributed by atoms with van der Waals surface area (Å²) in [6, 6.07) is 14.1. The lowest BCUT2D eigenvalue weighted by molar-refractivity contribution is 0.0949. The maximum Gasteiger partial charge on any atom is 0.251 e. The third kappa shape index (κ3) is 3.96. The minimum Gasteiger partial charge on any atom is -0.345 e. The van der Waals surface area contributed by atoms with Crippen molar-refractivity contribution in [3.8, 4) is 0 Å². The number of hydrogen-bond donors (Lipinski definition) is 1. The Morgan fingerprint density at radius 3 is 2.65 bits per heavy atom. The first kappa shape index (κ1) is 18.2. The van der Waals surface area contributed by atoms with Crippen LogP contribution in [0.4, 0.5) is 0 Å². The molecule has 3 rings (SSSR count). The van der Waals surface area contributed by atoms with Gasteiger partial charge < -0.3 is 9.88 Å². The summed E-state index contributed by atoms with van der Waals surface area (Å²) in [5.41, 5.74) is 4.99. The van der Waals surface area contributed by atoms with Gasteiger partial charge in [-0.2, -0.15) is 0 Å². The van der Waals surface area contributed by atoms with Gasteiger partial charge in [0.15, 0.2) is 0 Å². The van der Waals surface area contributed by atoms with E-state index in [4.69, 9.17) is 4.98 Å². The molecule has 0 atom stereocenters. The zero-order chi connectivity index (χ0) is 18.7. The van der Waals surface area contributed by atoms with Crippen molar-refractivity contribution in [2.45, 2.75) is 47.2 Å². The van der Waals surface area contributed by atoms with Crippen molar-refractivity contribution in [2.24, 2.45) is 5.92 Å². The molecule has 1 heterocycles. The molecule has 0 radical (unpaired) electrons. The Balaban J connectivity index is 1.81. The molecular weight excluding hydrogens is 322 g/mol. The third-order valence-electron chi connectivity index (χ3n) is 4.70. The van der Waals surface area contributed by atoms with Crippen molar-refractivity contribution in [2.75, 3.05) is 0 Å². The zero-order valence-electron chi connectivity index (χ0n) is 16.0. The van der Waals surface area contributed by atoms with E-state index in [-0.39, 0.29) is 5.91 Å². The minimum atomic E-state index is -0.0510. The second-order valence-electron chi connectivity index (χ2n) is 7.35. The zero-order valence-corrected chi connectivity index (χ0v) is 16.0. The summed E-state index contributed by atoms with van der Waals surface area (Å²) in [6.45, 7) is 9.79. The number of amides is 1. The van der Waals surface area contributed by atoms with Gasteiger partial charge in [-0.15, -0.1) is 0 Å². The number of hydrogen-bond acceptors (Lipinski definition) is 2. The lowest BCUT2D eigenvalue weighted by atomic mass is 10.1. The average Bonchev–Trinajstić information content (AvgIpc) is 2.95. The highest BCUT2D eigenvalue weighted by Crippen LogP contribution is 2.18. The highest BCUT2D eigenvalue weighted by Gasteiger charge is 2.14. The van der Waals surface area contributed by atoms with E-state index >= 15 is 0 Å². The number of rotatable bonds is 6. The van der Waals surface area contributed by atoms with Crippen molar-refractivity contribution < 1.29 is 4.79 Å². The predicted molar refractivity (Wildman–Crippen MR) is 106 cm³/mol. The summed E-state index contributed by atoms with van der Waals surface area (Å²) >= 11 is 0. The highest BCUT2D eigenvalue weighted by atomic mass is 16.1. The molecule has 136 valence electrons. The Hall–Kier alpha value is -2.62. The van der Waals surface area contributed by atoms with Crippen molar-refractivity contribution >= 4 is 16.9 Å². The molecule has 4 heteroatoms. The number of benzene rings is 2. The van der Waals surface area contributed by atoms with E-state index in [0.717, 1.165) is 46.5 Å². The number of nitrogens with one attached hydrogen (secondary N) is 1. The molecule has 2 aromatic carbocycles. The monoisotopic (exact) mass is 349 g/mol. The summed E-state index contributed by atoms with van der Waals surface area (Å²) in [6.07, 6.45) is 1.08. The molecule has 1 amide bonds. The maximum atomic E-state index is 12.6. The number of para-hydroxylation sites is 2. The van der Waals surface area contributed by atoms with E-state index in [1.165, 1.54) is 0 Å². The lowest BCUT2D eigenvalue weighted by Crippen LogP contribution is -2.25. The molecule has 0 unspecified atom stereocenters. The Bertz CT molecular complexity index is 924. The van der Waals surface area contributed by atoms with Gasteiger partial charge in [-0.05, 0) is 49.9 Å². The van der Waals surface area contributed by atoms with Crippen LogP contribution in [-0.2, 0) is 13.1 Å². The fraction of sp³-hybridized carbons (Fsp3) is 0.364. The van der Waals surface area contributed by atoms with Gasteiger partial charge in [0.05, 0.1) is 17.6 Å². The molecule has 3 aromatic rings. The fourth-order valence-corrected chi connectivity index (χ4v) is 3.22. The normalized spacial score (nSPS) is 11.3. The van der Waals surface area contributed by atoms with Gasteiger partial charge in [0, 0.05) is 12.1 Å². The number of nitrogens with zero attached hydrogens (tertiary/aromatic N) is 2. The summed E-state index contributed by atoms with van der Waals surface area (Å²) < 4.78 is 2.23. The van der Waals surface area contributed by atoms with Crippen LogP contribution in [0.15, 0.2) is 42.5 Å². The second-order valence-corrected chi connectivity index (χ2v) is 7.35. The summed E-state index contributed by atoms with van der Waals surface area (Å²) in [5, 5.41) is 3.04. The van der Waals surface area contributed by atoms with E-state index in [1.807, 2.05) is 50.2 Å². The third-order valence-corrected chi connectivity index (χ3v) is 4.70. The number of aryl methyl sites for hydroxylation is 3. The summed E-state index contributed by atoms with van der Waals surface area (Å²) in [4.78, 5) is 17.3. The van der Waals surface area contributed by atoms with E-state index in [9.17, 15) is 4.79 Å². The number of fused-ring (bicyclic) bond motifs is 1. The van der Waals surface area contributed by atoms with Crippen LogP contribution in [-0.4, -0.2) is 15.5 Å². The SMILES string of the molecule is Cc1ccc(C(=O)NCc2nc3ccccc3n2CCC(C)C)c(C)c1. The fourth-order valence-electron chi connectivity index (χ4n) is 3.22. The number of imidazole rings is 1. The van der Waals surface area contributed by atoms with Gasteiger partial charge in [0.2, 0.25) is 0 Å². The van der Waals surface area contributed by atoms with Gasteiger partial charge in [-0.1, -0.05) is 43.7 Å². The molecular formula is C22H27N3O. The molecule has 4 nitrogen and oxygen atoms in total. The smallest absolute Gasteiger partial charge is 0.251 e. The minimum absolute atomic E-state index is 0.0510. The van der Waals surface area contributed by atoms with Gasteiger partial charge in [-0.25, -0.2) is 4.98 Å². The van der Waals surface area contributed by atoms with Crippen LogP contribution in [0, 0.1) is 19.8 Å². The van der Waals surface area contributed by atoms with Crippen LogP contribution in [0.3, 0.4) is 0 Å². The van der Waals surface area contributed by atoms with E-state index < -0.39 is 0 Å². The number of aromatic nitrogens is 2. The van der Waals surface area contributed by atoms with Crippen LogP contribution >= 0.6 is 0 Å². The first-order chi connectivity index (χ1) is 12.5. The van der Waals surface area contributed by atoms with Crippen LogP contribution in [0.25, 0.3) is 11.0 Å². The molecule has 0 spiro atoms. The van der Waals surface area contributed by atoms with E-state index in [1.54, 1.807) is 0 Å². The quantitative estimate of drug-likeness (QED) is 0.705. The molecule has 0 saturated heterocycles. The summed E-state index contributed by atoms with van der Waals surface area (Å²) in [5.74, 6) is 1.48. The highest BCUT2D eigenvalue weighted by molar-refractivity contribution is 5.95. The molecule has 0 bridgehead atoms. The largest absolute Gasteiger partial charge is 0.345 e. The van der Waals surface area contributed by atoms with Gasteiger partial charge in [-0.3, -0.25) is 4.79 Å². The maximum absolute atomic E-state index is 12.6. The van der Waals surface area contributed by atoms with E-state index in [0.29, 0.717) is 12.5 Å². The van der Waals surface area contributed by atoms with Crippen LogP contribution in [0.1, 0.15) is 47.6 Å². The van der Waals surface area contributed by atoms with Gasteiger partial charge >= 0.3 is 0 Å². The van der Waals surface area contributed by atoms with Gasteiger partial charge in [0.1, 0.15) is 5.82 Å². The Morgan fingerprint density at radius 1 is 1.15 bits per heavy atom. The first-order valence-corrected chi connectivity index (χ1v) is 9.25. The Labute approximate surface area is 155 Å². The molecule has 0 fully saturated rings. The van der Waals surface area contributed by atoms with Crippen LogP contribution in [0.5, 0.6) is 0 Å². The average molecular weight is 349 g/mol. The molecule has 0 aliphatic heterocycles. The number of carbonyl (C=O) groups excluding carboxylic acids is 1. The van der Waals surface area contributed by atoms with Crippen molar-refractivity contribution in [1.82, 2.24) is 14.9 Å². The van der Waals surface area contributed by atoms with Crippen LogP contribution in [0.2, 0.25) is 0 Å². The Kier molecular flexibility index (Phi) is 5.40. The van der Waals surface area contributed by atoms with Crippen LogP contribution < -0.4 is 5.32 Å². The van der Waals surface area contributed by atoms with Crippen molar-refractivity contribution in [1.29, 1.82) is 0 Å². The van der Waals surface area contributed by atoms with Crippen molar-refractivity contribution in [3.63, 3.8) is 0 Å². The molecule has 1 aromatic heterocycles. The molecule has 26 heavy (non-hydrogen) atoms. The second kappa shape index (κ2) is 7.73. The molecule has 0 saturated carbocycles. The molecule has 0 aliphatic rings. The first-order valence-electron chi connectivity index (χ1n) is 9.25. The van der Waals surface area contributed by atoms with Crippen molar-refractivity contribution in [3.05, 3.63) is 65.0 Å². The van der Waals surface area contributed by atoms with Gasteiger partial charge in [0.25, 0.3) is 5.91 Å².